The Hall–Kier alpha value is 1.50. The van der Waals surface area contributed by atoms with E-state index in [1.165, 1.54) is 0 Å². The average molecular weight is 284 g/mol. The van der Waals surface area contributed by atoms with Crippen LogP contribution in [0.1, 0.15) is 0 Å². The minimum Gasteiger partial charge on any atom is 2.00 e. The monoisotopic (exact) mass is 284 g/mol. The maximum absolute atomic E-state index is 9.44. The van der Waals surface area contributed by atoms with Crippen LogP contribution in [-0.2, 0) is 27.0 Å². The van der Waals surface area contributed by atoms with E-state index in [1.54, 1.807) is 0 Å². The summed E-state index contributed by atoms with van der Waals surface area (Å²) in [5.74, 6) is 0. The molecule has 8 nitrogen and oxygen atoms in total. The predicted octanol–water partition coefficient (Wildman–Crippen LogP) is -5.61. The number of phosphoric acid groups is 2. The summed E-state index contributed by atoms with van der Waals surface area (Å²) in [5, 5.41) is 0. The van der Waals surface area contributed by atoms with E-state index >= 15 is 0 Å². The molecule has 0 heterocycles. The van der Waals surface area contributed by atoms with Crippen LogP contribution >= 0.6 is 15.6 Å². The Morgan fingerprint density at radius 2 is 0.769 bits per heavy atom. The van der Waals surface area contributed by atoms with Gasteiger partial charge in [0.05, 0.1) is 0 Å². The summed E-state index contributed by atoms with van der Waals surface area (Å²) in [6.07, 6.45) is 0. The van der Waals surface area contributed by atoms with Gasteiger partial charge < -0.3 is 38.5 Å². The molecule has 0 radical (unpaired) electrons. The number of hydrogen-bond donors (Lipinski definition) is 0. The predicted molar refractivity (Wildman–Crippen MR) is 22.1 cm³/mol. The van der Waals surface area contributed by atoms with Gasteiger partial charge in [-0.25, -0.2) is 0 Å². The maximum atomic E-state index is 9.44. The van der Waals surface area contributed by atoms with Gasteiger partial charge in [-0.2, -0.15) is 15.6 Å². The summed E-state index contributed by atoms with van der Waals surface area (Å²) in [4.78, 5) is 51.3. The van der Waals surface area contributed by atoms with Gasteiger partial charge in [0.1, 0.15) is 0 Å². The summed E-state index contributed by atoms with van der Waals surface area (Å²) in [5.41, 5.74) is 0. The molecule has 13 heavy (non-hydrogen) atoms. The molecule has 0 saturated heterocycles. The second-order valence-corrected chi connectivity index (χ2v) is 2.68. The Bertz CT molecular complexity index is 134. The fourth-order valence-electron chi connectivity index (χ4n) is 0. The molecule has 0 amide bonds. The normalized spacial score (nSPS) is 9.62. The Morgan fingerprint density at radius 3 is 0.769 bits per heavy atom. The van der Waals surface area contributed by atoms with Crippen molar-refractivity contribution in [2.45, 2.75) is 0 Å². The van der Waals surface area contributed by atoms with Crippen molar-refractivity contribution in [3.05, 3.63) is 0 Å². The standard InChI is InChI=1S/FH.Mg.2H3O4P.V/c;;2*1-5(2,3)4;/h1H;;2*(H3,1,2,3,4);/q;+2;;;+5/p-7. The molecule has 0 rings (SSSR count). The van der Waals surface area contributed by atoms with Crippen LogP contribution in [0.2, 0.25) is 0 Å². The molecule has 0 N–H and O–H groups in total. The Labute approximate surface area is 98.3 Å². The first-order valence-corrected chi connectivity index (χ1v) is 5.08. The van der Waals surface area contributed by atoms with Crippen LogP contribution in [0.4, 0.5) is 3.41 Å². The van der Waals surface area contributed by atoms with E-state index < -0.39 is 15.6 Å². The summed E-state index contributed by atoms with van der Waals surface area (Å²) < 4.78 is 26.5. The van der Waals surface area contributed by atoms with E-state index in [0.29, 0.717) is 0 Å². The first-order chi connectivity index (χ1) is 5.00. The van der Waals surface area contributed by atoms with E-state index in [1.807, 2.05) is 0 Å². The van der Waals surface area contributed by atoms with Crippen molar-refractivity contribution in [2.75, 3.05) is 0 Å². The van der Waals surface area contributed by atoms with Crippen molar-refractivity contribution in [3.8, 4) is 0 Å². The first kappa shape index (κ1) is 24.0. The quantitative estimate of drug-likeness (QED) is 0.312. The van der Waals surface area contributed by atoms with Crippen LogP contribution in [0.5, 0.6) is 0 Å². The molecule has 0 aliphatic rings. The zero-order chi connectivity index (χ0) is 11.0. The minimum absolute atomic E-state index is 0. The van der Waals surface area contributed by atoms with Crippen LogP contribution in [0.3, 0.4) is 0 Å². The van der Waals surface area contributed by atoms with E-state index in [0.717, 1.165) is 17.9 Å². The summed E-state index contributed by atoms with van der Waals surface area (Å²) in [6.45, 7) is 0. The fourth-order valence-corrected chi connectivity index (χ4v) is 0. The summed E-state index contributed by atoms with van der Waals surface area (Å²) in [7, 11) is -10.8. The molecular formula is FMgO8P2V. The van der Waals surface area contributed by atoms with Crippen molar-refractivity contribution < 1.29 is 59.8 Å². The average Bonchev–Trinajstić information content (AvgIpc) is 1.59. The summed E-state index contributed by atoms with van der Waals surface area (Å²) >= 11 is 0.812. The van der Waals surface area contributed by atoms with Crippen molar-refractivity contribution >= 4 is 38.7 Å². The van der Waals surface area contributed by atoms with Gasteiger partial charge in [0.25, 0.3) is 0 Å². The molecule has 0 atom stereocenters. The van der Waals surface area contributed by atoms with Gasteiger partial charge in [-0.15, -0.1) is 0 Å². The van der Waals surface area contributed by atoms with Crippen LogP contribution < -0.4 is 29.4 Å². The van der Waals surface area contributed by atoms with Crippen molar-refractivity contribution in [1.29, 1.82) is 0 Å². The molecule has 0 aromatic carbocycles. The molecule has 0 fully saturated rings. The largest absolute Gasteiger partial charge is 2.00 e. The molecule has 0 aromatic rings. The van der Waals surface area contributed by atoms with Crippen LogP contribution in [0, 0.1) is 0 Å². The van der Waals surface area contributed by atoms with Gasteiger partial charge in [-0.3, -0.25) is 0 Å². The summed E-state index contributed by atoms with van der Waals surface area (Å²) in [6, 6.07) is 0. The minimum atomic E-state index is -5.39. The van der Waals surface area contributed by atoms with Gasteiger partial charge >= 0.3 is 44.4 Å². The third-order valence-electron chi connectivity index (χ3n) is 0. The van der Waals surface area contributed by atoms with E-state index in [-0.39, 0.29) is 23.1 Å². The molecule has 13 heteroatoms. The third kappa shape index (κ3) is 793. The smallest absolute Gasteiger partial charge is 2.00 e. The molecule has 0 spiro atoms. The van der Waals surface area contributed by atoms with Gasteiger partial charge in [0.2, 0.25) is 0 Å². The third-order valence-corrected chi connectivity index (χ3v) is 0. The molecule has 0 bridgehead atoms. The Balaban J connectivity index is -0.0000000491. The molecule has 0 saturated carbocycles. The first-order valence-electron chi connectivity index (χ1n) is 1.63. The molecule has 0 aliphatic carbocycles. The van der Waals surface area contributed by atoms with E-state index in [4.69, 9.17) is 38.5 Å². The topological polar surface area (TPSA) is 172 Å². The van der Waals surface area contributed by atoms with Crippen molar-refractivity contribution in [3.63, 3.8) is 0 Å². The Morgan fingerprint density at radius 1 is 0.769 bits per heavy atom. The van der Waals surface area contributed by atoms with Crippen LogP contribution in [0.25, 0.3) is 0 Å². The van der Waals surface area contributed by atoms with E-state index in [9.17, 15) is 3.41 Å². The van der Waals surface area contributed by atoms with Gasteiger partial charge in [0.15, 0.2) is 0 Å². The van der Waals surface area contributed by atoms with Gasteiger partial charge in [0, 0.05) is 0 Å². The van der Waals surface area contributed by atoms with Crippen LogP contribution in [0.15, 0.2) is 0 Å². The number of hydrogen-bond acceptors (Lipinski definition) is 8. The van der Waals surface area contributed by atoms with Gasteiger partial charge in [-0.05, 0) is 0 Å². The number of halogens is 1. The zero-order valence-corrected chi connectivity index (χ0v) is 10.3. The van der Waals surface area contributed by atoms with Crippen LogP contribution in [-0.4, -0.2) is 23.1 Å². The second-order valence-electron chi connectivity index (χ2n) is 0.894. The number of rotatable bonds is 0. The zero-order valence-electron chi connectivity index (χ0n) is 5.69. The molecule has 0 unspecified atom stereocenters. The SMILES string of the molecule is O=P([O-])([O-])[O-].O=P([O-])([O-])[O-].[F][V+4].[Mg+2]. The molecular weight excluding hydrogens is 284 g/mol. The molecule has 0 aromatic heterocycles. The van der Waals surface area contributed by atoms with Crippen molar-refractivity contribution in [2.24, 2.45) is 0 Å². The second kappa shape index (κ2) is 11.6. The molecule has 72 valence electrons. The maximum Gasteiger partial charge on any atom is 2.00 e. The van der Waals surface area contributed by atoms with Gasteiger partial charge in [-0.1, -0.05) is 0 Å². The van der Waals surface area contributed by atoms with Crippen molar-refractivity contribution in [1.82, 2.24) is 0 Å². The molecule has 0 aliphatic heterocycles. The van der Waals surface area contributed by atoms with E-state index in [2.05, 4.69) is 0 Å². The Kier molecular flexibility index (Phi) is 21.3. The fraction of sp³-hybridized carbons (Fsp3) is 0.